The van der Waals surface area contributed by atoms with E-state index in [1.54, 1.807) is 42.6 Å². The van der Waals surface area contributed by atoms with E-state index >= 15 is 0 Å². The van der Waals surface area contributed by atoms with Crippen molar-refractivity contribution in [3.63, 3.8) is 0 Å². The van der Waals surface area contributed by atoms with Crippen LogP contribution in [0.15, 0.2) is 65.8 Å². The van der Waals surface area contributed by atoms with Gasteiger partial charge in [0.15, 0.2) is 0 Å². The lowest BCUT2D eigenvalue weighted by Crippen LogP contribution is -2.30. The van der Waals surface area contributed by atoms with Crippen LogP contribution in [0.4, 0.5) is 0 Å². The molecule has 1 fully saturated rings. The van der Waals surface area contributed by atoms with Gasteiger partial charge in [-0.25, -0.2) is 9.78 Å². The third-order valence-corrected chi connectivity index (χ3v) is 7.62. The highest BCUT2D eigenvalue weighted by Gasteiger charge is 2.31. The number of imidazole rings is 1. The monoisotopic (exact) mass is 529 g/mol. The summed E-state index contributed by atoms with van der Waals surface area (Å²) in [5, 5.41) is 9.06. The van der Waals surface area contributed by atoms with Crippen LogP contribution in [-0.2, 0) is 11.2 Å². The lowest BCUT2D eigenvalue weighted by Gasteiger charge is -2.14. The Labute approximate surface area is 223 Å². The number of hydrogen-bond acceptors (Lipinski definition) is 6. The van der Waals surface area contributed by atoms with Crippen LogP contribution < -0.4 is 4.74 Å². The zero-order valence-corrected chi connectivity index (χ0v) is 21.8. The number of aromatic nitrogens is 2. The Hall–Kier alpha value is -3.95. The summed E-state index contributed by atoms with van der Waals surface area (Å²) in [4.78, 5) is 33.9. The quantitative estimate of drug-likeness (QED) is 0.235. The number of aryl methyl sites for hydroxylation is 1. The molecule has 0 radical (unpaired) electrons. The van der Waals surface area contributed by atoms with Crippen LogP contribution in [0.5, 0.6) is 5.75 Å². The average Bonchev–Trinajstić information content (AvgIpc) is 3.47. The number of carbonyl (C=O) groups excluding carboxylic acids is 1. The number of benzene rings is 3. The SMILES string of the molecule is COc1ccc(C=C2SC(=S)N(CCc3ccc(C(=O)O)cc3)C2=O)cc1-c1cc(C)c2nc[nH]c2c1. The highest BCUT2D eigenvalue weighted by molar-refractivity contribution is 8.26. The van der Waals surface area contributed by atoms with E-state index in [1.807, 2.05) is 37.3 Å². The van der Waals surface area contributed by atoms with Gasteiger partial charge in [0, 0.05) is 12.1 Å². The number of carboxylic acid groups (broad SMARTS) is 1. The van der Waals surface area contributed by atoms with Crippen molar-refractivity contribution < 1.29 is 19.4 Å². The van der Waals surface area contributed by atoms with Crippen molar-refractivity contribution in [3.8, 4) is 16.9 Å². The van der Waals surface area contributed by atoms with Crippen LogP contribution in [0.3, 0.4) is 0 Å². The zero-order chi connectivity index (χ0) is 26.1. The topological polar surface area (TPSA) is 95.5 Å². The molecule has 37 heavy (non-hydrogen) atoms. The molecule has 3 aromatic carbocycles. The number of nitrogens with one attached hydrogen (secondary N) is 1. The molecule has 1 saturated heterocycles. The number of hydrogen-bond donors (Lipinski definition) is 2. The number of thioether (sulfide) groups is 1. The second-order valence-electron chi connectivity index (χ2n) is 8.64. The van der Waals surface area contributed by atoms with Gasteiger partial charge in [0.05, 0.1) is 34.9 Å². The second kappa shape index (κ2) is 10.2. The number of methoxy groups -OCH3 is 1. The van der Waals surface area contributed by atoms with Crippen molar-refractivity contribution in [3.05, 3.63) is 88.1 Å². The van der Waals surface area contributed by atoms with E-state index in [-0.39, 0.29) is 11.5 Å². The zero-order valence-electron chi connectivity index (χ0n) is 20.1. The highest BCUT2D eigenvalue weighted by atomic mass is 32.2. The molecule has 2 N–H and O–H groups in total. The molecule has 0 atom stereocenters. The average molecular weight is 530 g/mol. The van der Waals surface area contributed by atoms with Crippen molar-refractivity contribution in [1.29, 1.82) is 0 Å². The van der Waals surface area contributed by atoms with E-state index in [0.717, 1.165) is 44.6 Å². The van der Waals surface area contributed by atoms with Gasteiger partial charge >= 0.3 is 5.97 Å². The van der Waals surface area contributed by atoms with Crippen molar-refractivity contribution in [2.75, 3.05) is 13.7 Å². The van der Waals surface area contributed by atoms with Gasteiger partial charge in [-0.15, -0.1) is 0 Å². The van der Waals surface area contributed by atoms with Gasteiger partial charge in [-0.1, -0.05) is 42.2 Å². The fraction of sp³-hybridized carbons (Fsp3) is 0.143. The number of amides is 1. The minimum absolute atomic E-state index is 0.135. The lowest BCUT2D eigenvalue weighted by atomic mass is 9.99. The second-order valence-corrected chi connectivity index (χ2v) is 10.3. The fourth-order valence-electron chi connectivity index (χ4n) is 4.32. The Morgan fingerprint density at radius 1 is 1.19 bits per heavy atom. The Balaban J connectivity index is 1.38. The number of carbonyl (C=O) groups is 2. The first kappa shape index (κ1) is 24.7. The smallest absolute Gasteiger partial charge is 0.335 e. The Morgan fingerprint density at radius 3 is 2.70 bits per heavy atom. The molecule has 9 heteroatoms. The van der Waals surface area contributed by atoms with Gasteiger partial charge in [0.1, 0.15) is 10.1 Å². The summed E-state index contributed by atoms with van der Waals surface area (Å²) in [5.74, 6) is -0.367. The molecule has 1 aliphatic heterocycles. The minimum atomic E-state index is -0.965. The van der Waals surface area contributed by atoms with Crippen LogP contribution >= 0.6 is 24.0 Å². The molecule has 186 valence electrons. The van der Waals surface area contributed by atoms with E-state index in [9.17, 15) is 9.59 Å². The molecule has 4 aromatic rings. The molecule has 5 rings (SSSR count). The number of thiocarbonyl (C=S) groups is 1. The predicted octanol–water partition coefficient (Wildman–Crippen LogP) is 5.69. The summed E-state index contributed by atoms with van der Waals surface area (Å²) in [6.07, 6.45) is 4.11. The van der Waals surface area contributed by atoms with E-state index in [1.165, 1.54) is 11.8 Å². The third-order valence-electron chi connectivity index (χ3n) is 6.25. The normalized spacial score (nSPS) is 14.6. The maximum Gasteiger partial charge on any atom is 0.335 e. The Morgan fingerprint density at radius 2 is 1.97 bits per heavy atom. The molecule has 0 unspecified atom stereocenters. The fourth-order valence-corrected chi connectivity index (χ4v) is 5.63. The first-order valence-corrected chi connectivity index (χ1v) is 12.8. The van der Waals surface area contributed by atoms with Gasteiger partial charge in [0.2, 0.25) is 0 Å². The molecule has 0 saturated carbocycles. The van der Waals surface area contributed by atoms with Crippen LogP contribution in [-0.4, -0.2) is 49.8 Å². The van der Waals surface area contributed by atoms with Gasteiger partial charge < -0.3 is 14.8 Å². The molecule has 1 aliphatic rings. The number of ether oxygens (including phenoxy) is 1. The molecule has 1 amide bonds. The molecule has 0 spiro atoms. The number of aromatic amines is 1. The van der Waals surface area contributed by atoms with E-state index < -0.39 is 5.97 Å². The van der Waals surface area contributed by atoms with Gasteiger partial charge in [-0.05, 0) is 78.1 Å². The van der Waals surface area contributed by atoms with Crippen molar-refractivity contribution in [1.82, 2.24) is 14.9 Å². The largest absolute Gasteiger partial charge is 0.496 e. The first-order valence-electron chi connectivity index (χ1n) is 11.5. The number of aromatic carboxylic acids is 1. The standard InChI is InChI=1S/C28H23N3O4S2/c1-16-11-20(14-22-25(16)30-15-29-22)21-12-18(5-8-23(21)35-2)13-24-26(32)31(28(36)37-24)10-9-17-3-6-19(7-4-17)27(33)34/h3-8,11-15H,9-10H2,1-2H3,(H,29,30)(H,33,34). The third kappa shape index (κ3) is 5.00. The Bertz CT molecular complexity index is 1570. The predicted molar refractivity (Wildman–Crippen MR) is 150 cm³/mol. The van der Waals surface area contributed by atoms with Gasteiger partial charge in [-0.2, -0.15) is 0 Å². The van der Waals surface area contributed by atoms with Crippen LogP contribution in [0.1, 0.15) is 27.0 Å². The Kier molecular flexibility index (Phi) is 6.82. The molecule has 2 heterocycles. The van der Waals surface area contributed by atoms with Crippen molar-refractivity contribution >= 4 is 57.3 Å². The molecule has 7 nitrogen and oxygen atoms in total. The summed E-state index contributed by atoms with van der Waals surface area (Å²) in [6.45, 7) is 2.45. The number of rotatable bonds is 7. The maximum absolute atomic E-state index is 13.2. The van der Waals surface area contributed by atoms with Crippen LogP contribution in [0.2, 0.25) is 0 Å². The lowest BCUT2D eigenvalue weighted by molar-refractivity contribution is -0.122. The highest BCUT2D eigenvalue weighted by Crippen LogP contribution is 2.36. The van der Waals surface area contributed by atoms with Crippen molar-refractivity contribution in [2.45, 2.75) is 13.3 Å². The first-order chi connectivity index (χ1) is 17.8. The van der Waals surface area contributed by atoms with Crippen LogP contribution in [0.25, 0.3) is 28.2 Å². The molecule has 0 bridgehead atoms. The van der Waals surface area contributed by atoms with Gasteiger partial charge in [-0.3, -0.25) is 9.69 Å². The summed E-state index contributed by atoms with van der Waals surface area (Å²) < 4.78 is 6.13. The van der Waals surface area contributed by atoms with E-state index in [0.29, 0.717) is 22.2 Å². The number of fused-ring (bicyclic) bond motifs is 1. The van der Waals surface area contributed by atoms with E-state index in [4.69, 9.17) is 22.1 Å². The summed E-state index contributed by atoms with van der Waals surface area (Å²) in [6, 6.07) is 16.6. The summed E-state index contributed by atoms with van der Waals surface area (Å²) in [5.41, 5.74) is 6.87. The number of nitrogens with zero attached hydrogens (tertiary/aromatic N) is 2. The van der Waals surface area contributed by atoms with Crippen molar-refractivity contribution in [2.24, 2.45) is 0 Å². The molecular weight excluding hydrogens is 506 g/mol. The van der Waals surface area contributed by atoms with E-state index in [2.05, 4.69) is 16.0 Å². The summed E-state index contributed by atoms with van der Waals surface area (Å²) in [7, 11) is 1.64. The number of H-pyrrole nitrogens is 1. The summed E-state index contributed by atoms with van der Waals surface area (Å²) >= 11 is 6.78. The molecular formula is C28H23N3O4S2. The molecule has 0 aliphatic carbocycles. The van der Waals surface area contributed by atoms with Gasteiger partial charge in [0.25, 0.3) is 5.91 Å². The minimum Gasteiger partial charge on any atom is -0.496 e. The molecule has 1 aromatic heterocycles. The van der Waals surface area contributed by atoms with Crippen LogP contribution in [0, 0.1) is 6.92 Å². The maximum atomic E-state index is 13.2. The number of carboxylic acids is 1.